The monoisotopic (exact) mass is 120 g/mol. The van der Waals surface area contributed by atoms with Crippen molar-refractivity contribution in [3.63, 3.8) is 0 Å². The van der Waals surface area contributed by atoms with Crippen LogP contribution in [0.2, 0.25) is 0 Å². The molecular weight excluding hydrogens is 112 g/mol. The molecule has 0 saturated carbocycles. The van der Waals surface area contributed by atoms with Crippen LogP contribution in [0.4, 0.5) is 0 Å². The fourth-order valence-electron chi connectivity index (χ4n) is 0.161. The molecule has 0 fully saturated rings. The Bertz CT molecular complexity index is 17.5. The van der Waals surface area contributed by atoms with E-state index in [0.29, 0.717) is 0 Å². The van der Waals surface area contributed by atoms with E-state index in [9.17, 15) is 0 Å². The molecule has 0 saturated heterocycles. The van der Waals surface area contributed by atoms with Crippen LogP contribution in [0.25, 0.3) is 0 Å². The van der Waals surface area contributed by atoms with E-state index in [1.54, 1.807) is 11.8 Å². The standard InChI is InChI=1S/C4H8S2/c1-2-6-4-3-5/h1-4H2. The van der Waals surface area contributed by atoms with Crippen LogP contribution in [-0.4, -0.2) is 17.3 Å². The first-order valence-corrected chi connectivity index (χ1v) is 3.60. The van der Waals surface area contributed by atoms with Gasteiger partial charge in [0.25, 0.3) is 0 Å². The average Bonchev–Trinajstić information content (AvgIpc) is 1.61. The van der Waals surface area contributed by atoms with Crippen LogP contribution in [0.3, 0.4) is 0 Å². The summed E-state index contributed by atoms with van der Waals surface area (Å²) in [7, 11) is 0. The van der Waals surface area contributed by atoms with Crippen molar-refractivity contribution < 1.29 is 0 Å². The molecule has 0 amide bonds. The van der Waals surface area contributed by atoms with Crippen molar-refractivity contribution in [2.45, 2.75) is 0 Å². The van der Waals surface area contributed by atoms with Gasteiger partial charge in [0, 0.05) is 11.5 Å². The molecule has 0 aliphatic heterocycles. The zero-order valence-electron chi connectivity index (χ0n) is 3.64. The second-order valence-corrected chi connectivity index (χ2v) is 2.45. The first-order valence-electron chi connectivity index (χ1n) is 1.87. The van der Waals surface area contributed by atoms with Crippen molar-refractivity contribution in [3.8, 4) is 0 Å². The molecule has 0 unspecified atom stereocenters. The van der Waals surface area contributed by atoms with E-state index < -0.39 is 0 Å². The summed E-state index contributed by atoms with van der Waals surface area (Å²) in [5.74, 6) is 2.90. The average molecular weight is 120 g/mol. The van der Waals surface area contributed by atoms with Gasteiger partial charge in [-0.05, 0) is 12.7 Å². The predicted octanol–water partition coefficient (Wildman–Crippen LogP) is 1.75. The normalized spacial score (nSPS) is 9.00. The molecule has 2 heteroatoms. The maximum absolute atomic E-state index is 4.67. The lowest BCUT2D eigenvalue weighted by atomic mass is 10.9. The van der Waals surface area contributed by atoms with Gasteiger partial charge in [-0.25, -0.2) is 0 Å². The Morgan fingerprint density at radius 2 is 2.33 bits per heavy atom. The van der Waals surface area contributed by atoms with E-state index in [1.807, 2.05) is 0 Å². The SMILES string of the molecule is [CH2]CSCC[S]. The van der Waals surface area contributed by atoms with Gasteiger partial charge in [0.1, 0.15) is 0 Å². The second-order valence-electron chi connectivity index (χ2n) is 0.816. The minimum Gasteiger partial charge on any atom is -0.161 e. The van der Waals surface area contributed by atoms with Crippen molar-refractivity contribution in [3.05, 3.63) is 6.92 Å². The fourth-order valence-corrected chi connectivity index (χ4v) is 0.837. The Labute approximate surface area is 49.1 Å². The lowest BCUT2D eigenvalue weighted by Crippen LogP contribution is -1.77. The van der Waals surface area contributed by atoms with Crippen molar-refractivity contribution in [1.29, 1.82) is 0 Å². The Balaban J connectivity index is 2.34. The summed E-state index contributed by atoms with van der Waals surface area (Å²) in [6.45, 7) is 3.64. The highest BCUT2D eigenvalue weighted by atomic mass is 32.2. The molecule has 2 radical (unpaired) electrons. The first-order chi connectivity index (χ1) is 2.91. The summed E-state index contributed by atoms with van der Waals surface area (Å²) in [6, 6.07) is 0. The highest BCUT2D eigenvalue weighted by molar-refractivity contribution is 8.00. The lowest BCUT2D eigenvalue weighted by Gasteiger charge is -1.85. The van der Waals surface area contributed by atoms with Gasteiger partial charge in [0.05, 0.1) is 0 Å². The first kappa shape index (κ1) is 6.70. The van der Waals surface area contributed by atoms with Gasteiger partial charge in [0.2, 0.25) is 0 Å². The molecule has 6 heavy (non-hydrogen) atoms. The molecule has 0 aliphatic rings. The van der Waals surface area contributed by atoms with Gasteiger partial charge in [0.15, 0.2) is 0 Å². The fraction of sp³-hybridized carbons (Fsp3) is 0.750. The molecule has 0 bridgehead atoms. The highest BCUT2D eigenvalue weighted by Crippen LogP contribution is 1.96. The minimum absolute atomic E-state index is 0.861. The highest BCUT2D eigenvalue weighted by Gasteiger charge is 1.76. The minimum atomic E-state index is 0.861. The van der Waals surface area contributed by atoms with Crippen LogP contribution in [0, 0.1) is 6.92 Å². The molecule has 0 rings (SSSR count). The number of thioether (sulfide) groups is 1. The largest absolute Gasteiger partial charge is 0.161 e. The molecule has 0 atom stereocenters. The van der Waals surface area contributed by atoms with Crippen LogP contribution >= 0.6 is 24.4 Å². The van der Waals surface area contributed by atoms with Crippen LogP contribution in [0.15, 0.2) is 0 Å². The van der Waals surface area contributed by atoms with E-state index >= 15 is 0 Å². The Morgan fingerprint density at radius 3 is 2.50 bits per heavy atom. The van der Waals surface area contributed by atoms with E-state index in [4.69, 9.17) is 0 Å². The zero-order chi connectivity index (χ0) is 4.83. The summed E-state index contributed by atoms with van der Waals surface area (Å²) in [6.07, 6.45) is 0. The lowest BCUT2D eigenvalue weighted by molar-refractivity contribution is 1.56. The predicted molar refractivity (Wildman–Crippen MR) is 35.1 cm³/mol. The van der Waals surface area contributed by atoms with Gasteiger partial charge < -0.3 is 0 Å². The van der Waals surface area contributed by atoms with Crippen molar-refractivity contribution in [1.82, 2.24) is 0 Å². The second kappa shape index (κ2) is 5.70. The molecule has 0 aliphatic carbocycles. The Hall–Kier alpha value is 0.700. The summed E-state index contributed by atoms with van der Waals surface area (Å²) < 4.78 is 0. The van der Waals surface area contributed by atoms with E-state index in [0.717, 1.165) is 17.3 Å². The third kappa shape index (κ3) is 4.70. The van der Waals surface area contributed by atoms with Crippen molar-refractivity contribution in [2.24, 2.45) is 0 Å². The third-order valence-corrected chi connectivity index (χ3v) is 1.62. The Morgan fingerprint density at radius 1 is 1.67 bits per heavy atom. The molecular formula is C4H8S2. The van der Waals surface area contributed by atoms with Gasteiger partial charge in [-0.1, -0.05) is 12.6 Å². The quantitative estimate of drug-likeness (QED) is 0.511. The van der Waals surface area contributed by atoms with Crippen molar-refractivity contribution in [2.75, 3.05) is 17.3 Å². The van der Waals surface area contributed by atoms with Crippen LogP contribution < -0.4 is 0 Å². The molecule has 36 valence electrons. The van der Waals surface area contributed by atoms with Crippen LogP contribution in [-0.2, 0) is 0 Å². The van der Waals surface area contributed by atoms with E-state index in [2.05, 4.69) is 19.6 Å². The van der Waals surface area contributed by atoms with Crippen LogP contribution in [0.5, 0.6) is 0 Å². The molecule has 0 nitrogen and oxygen atoms in total. The molecule has 0 spiro atoms. The summed E-state index contributed by atoms with van der Waals surface area (Å²) >= 11 is 6.46. The maximum Gasteiger partial charge on any atom is 0.0128 e. The third-order valence-electron chi connectivity index (χ3n) is 0.372. The molecule has 0 aromatic carbocycles. The number of hydrogen-bond donors (Lipinski definition) is 0. The molecule has 0 N–H and O–H groups in total. The van der Waals surface area contributed by atoms with Gasteiger partial charge in [-0.3, -0.25) is 0 Å². The molecule has 0 heterocycles. The number of rotatable bonds is 3. The smallest absolute Gasteiger partial charge is 0.0128 e. The summed E-state index contributed by atoms with van der Waals surface area (Å²) in [4.78, 5) is 0. The maximum atomic E-state index is 4.67. The van der Waals surface area contributed by atoms with E-state index in [-0.39, 0.29) is 0 Å². The molecule has 0 aromatic heterocycles. The number of hydrogen-bond acceptors (Lipinski definition) is 1. The van der Waals surface area contributed by atoms with Gasteiger partial charge in [-0.2, -0.15) is 11.8 Å². The Kier molecular flexibility index (Phi) is 6.36. The molecule has 0 aromatic rings. The van der Waals surface area contributed by atoms with Crippen LogP contribution in [0.1, 0.15) is 0 Å². The topological polar surface area (TPSA) is 0 Å². The van der Waals surface area contributed by atoms with E-state index in [1.165, 1.54) is 0 Å². The summed E-state index contributed by atoms with van der Waals surface area (Å²) in [5, 5.41) is 0. The zero-order valence-corrected chi connectivity index (χ0v) is 5.28. The van der Waals surface area contributed by atoms with Gasteiger partial charge >= 0.3 is 0 Å². The van der Waals surface area contributed by atoms with Crippen molar-refractivity contribution >= 4 is 24.4 Å². The summed E-state index contributed by atoms with van der Waals surface area (Å²) in [5.41, 5.74) is 0. The van der Waals surface area contributed by atoms with Gasteiger partial charge in [-0.15, -0.1) is 0 Å².